The molecule has 1 aromatic heterocycles. The molecule has 0 saturated heterocycles. The van der Waals surface area contributed by atoms with Gasteiger partial charge < -0.3 is 5.11 Å². The van der Waals surface area contributed by atoms with Gasteiger partial charge in [0.1, 0.15) is 0 Å². The minimum Gasteiger partial charge on any atom is -0.478 e. The molecule has 7 heteroatoms. The number of halogens is 1. The van der Waals surface area contributed by atoms with E-state index in [0.717, 1.165) is 5.56 Å². The molecule has 96 valence electrons. The Labute approximate surface area is 113 Å². The van der Waals surface area contributed by atoms with E-state index >= 15 is 0 Å². The fourth-order valence-corrected chi connectivity index (χ4v) is 1.36. The van der Waals surface area contributed by atoms with Gasteiger partial charge in [0.05, 0.1) is 11.8 Å². The van der Waals surface area contributed by atoms with Crippen molar-refractivity contribution in [3.05, 3.63) is 52.7 Å². The lowest BCUT2D eigenvalue weighted by Crippen LogP contribution is -1.97. The first-order valence-corrected chi connectivity index (χ1v) is 5.64. The minimum absolute atomic E-state index is 0.230. The summed E-state index contributed by atoms with van der Waals surface area (Å²) < 4.78 is 0. The highest BCUT2D eigenvalue weighted by Crippen LogP contribution is 2.06. The van der Waals surface area contributed by atoms with Gasteiger partial charge in [-0.1, -0.05) is 23.7 Å². The Bertz CT molecular complexity index is 596. The zero-order valence-corrected chi connectivity index (χ0v) is 10.4. The third kappa shape index (κ3) is 3.75. The monoisotopic (exact) mass is 276 g/mol. The molecule has 0 aliphatic rings. The molecule has 0 aliphatic heterocycles. The van der Waals surface area contributed by atoms with Crippen molar-refractivity contribution < 1.29 is 9.90 Å². The number of aromatic nitrogens is 2. The van der Waals surface area contributed by atoms with Gasteiger partial charge in [-0.2, -0.15) is 5.10 Å². The molecule has 2 N–H and O–H groups in total. The lowest BCUT2D eigenvalue weighted by molar-refractivity contribution is 0.0697. The fourth-order valence-electron chi connectivity index (χ4n) is 1.26. The Kier molecular flexibility index (Phi) is 4.04. The van der Waals surface area contributed by atoms with Crippen LogP contribution in [0.4, 0.5) is 5.82 Å². The maximum absolute atomic E-state index is 10.7. The number of benzene rings is 1. The van der Waals surface area contributed by atoms with E-state index < -0.39 is 5.97 Å². The van der Waals surface area contributed by atoms with E-state index in [1.54, 1.807) is 30.5 Å². The van der Waals surface area contributed by atoms with Gasteiger partial charge in [0.15, 0.2) is 11.0 Å². The van der Waals surface area contributed by atoms with Crippen molar-refractivity contribution in [3.63, 3.8) is 0 Å². The van der Waals surface area contributed by atoms with E-state index in [1.165, 1.54) is 12.1 Å². The highest BCUT2D eigenvalue weighted by atomic mass is 35.5. The van der Waals surface area contributed by atoms with Gasteiger partial charge in [0.25, 0.3) is 0 Å². The molecule has 0 radical (unpaired) electrons. The number of carbonyl (C=O) groups is 1. The normalized spacial score (nSPS) is 10.6. The number of aromatic carboxylic acids is 1. The quantitative estimate of drug-likeness (QED) is 0.661. The molecule has 0 saturated carbocycles. The van der Waals surface area contributed by atoms with E-state index in [4.69, 9.17) is 16.7 Å². The molecule has 19 heavy (non-hydrogen) atoms. The lowest BCUT2D eigenvalue weighted by Gasteiger charge is -1.98. The molecule has 1 aromatic carbocycles. The first-order chi connectivity index (χ1) is 9.15. The van der Waals surface area contributed by atoms with Crippen molar-refractivity contribution in [1.82, 2.24) is 10.2 Å². The standard InChI is InChI=1S/C12H9ClN4O2/c13-10-5-6-11(17-15-10)16-14-7-8-1-3-9(4-2-8)12(18)19/h1-7H,(H,16,17)(H,18,19)/b14-7-. The van der Waals surface area contributed by atoms with Crippen molar-refractivity contribution in [1.29, 1.82) is 0 Å². The molecule has 0 aliphatic carbocycles. The number of hydrogen-bond acceptors (Lipinski definition) is 5. The molecule has 2 rings (SSSR count). The number of hydrogen-bond donors (Lipinski definition) is 2. The van der Waals surface area contributed by atoms with Crippen LogP contribution in [0.3, 0.4) is 0 Å². The maximum atomic E-state index is 10.7. The van der Waals surface area contributed by atoms with Crippen LogP contribution in [0, 0.1) is 0 Å². The average molecular weight is 277 g/mol. The van der Waals surface area contributed by atoms with Gasteiger partial charge in [-0.25, -0.2) is 4.79 Å². The molecule has 0 bridgehead atoms. The topological polar surface area (TPSA) is 87.5 Å². The number of anilines is 1. The van der Waals surface area contributed by atoms with Crippen molar-refractivity contribution >= 4 is 29.6 Å². The maximum Gasteiger partial charge on any atom is 0.335 e. The van der Waals surface area contributed by atoms with Crippen molar-refractivity contribution in [3.8, 4) is 0 Å². The number of carboxylic acid groups (broad SMARTS) is 1. The minimum atomic E-state index is -0.960. The number of hydrazone groups is 1. The fraction of sp³-hybridized carbons (Fsp3) is 0. The summed E-state index contributed by atoms with van der Waals surface area (Å²) in [6, 6.07) is 9.55. The number of nitrogens with one attached hydrogen (secondary N) is 1. The van der Waals surface area contributed by atoms with Crippen LogP contribution in [-0.2, 0) is 0 Å². The first kappa shape index (κ1) is 13.0. The molecule has 0 unspecified atom stereocenters. The summed E-state index contributed by atoms with van der Waals surface area (Å²) >= 11 is 5.59. The summed E-state index contributed by atoms with van der Waals surface area (Å²) in [4.78, 5) is 10.7. The number of rotatable bonds is 4. The molecule has 6 nitrogen and oxygen atoms in total. The van der Waals surface area contributed by atoms with E-state index in [9.17, 15) is 4.79 Å². The zero-order chi connectivity index (χ0) is 13.7. The van der Waals surface area contributed by atoms with Crippen molar-refractivity contribution in [2.75, 3.05) is 5.43 Å². The summed E-state index contributed by atoms with van der Waals surface area (Å²) in [6.07, 6.45) is 1.54. The van der Waals surface area contributed by atoms with E-state index in [0.29, 0.717) is 11.0 Å². The Morgan fingerprint density at radius 1 is 1.21 bits per heavy atom. The van der Waals surface area contributed by atoms with Gasteiger partial charge in [0, 0.05) is 0 Å². The van der Waals surface area contributed by atoms with Gasteiger partial charge in [-0.3, -0.25) is 5.43 Å². The summed E-state index contributed by atoms with van der Waals surface area (Å²) in [7, 11) is 0. The van der Waals surface area contributed by atoms with Gasteiger partial charge in [-0.05, 0) is 29.8 Å². The summed E-state index contributed by atoms with van der Waals surface area (Å²) in [5, 5.41) is 20.4. The van der Waals surface area contributed by atoms with Crippen LogP contribution in [0.25, 0.3) is 0 Å². The third-order valence-electron chi connectivity index (χ3n) is 2.18. The molecule has 2 aromatic rings. The molecule has 0 atom stereocenters. The SMILES string of the molecule is O=C(O)c1ccc(/C=N\Nc2ccc(Cl)nn2)cc1. The van der Waals surface area contributed by atoms with Crippen LogP contribution in [-0.4, -0.2) is 27.5 Å². The van der Waals surface area contributed by atoms with Crippen LogP contribution >= 0.6 is 11.6 Å². The second-order valence-corrected chi connectivity index (χ2v) is 3.93. The Balaban J connectivity index is 1.98. The smallest absolute Gasteiger partial charge is 0.335 e. The van der Waals surface area contributed by atoms with Crippen LogP contribution in [0.15, 0.2) is 41.5 Å². The van der Waals surface area contributed by atoms with E-state index in [-0.39, 0.29) is 5.56 Å². The second kappa shape index (κ2) is 5.92. The van der Waals surface area contributed by atoms with E-state index in [1.807, 2.05) is 0 Å². The van der Waals surface area contributed by atoms with Crippen LogP contribution < -0.4 is 5.43 Å². The largest absolute Gasteiger partial charge is 0.478 e. The van der Waals surface area contributed by atoms with Crippen molar-refractivity contribution in [2.45, 2.75) is 0 Å². The molecule has 1 heterocycles. The predicted molar refractivity (Wildman–Crippen MR) is 71.7 cm³/mol. The molecule has 0 fully saturated rings. The highest BCUT2D eigenvalue weighted by Gasteiger charge is 2.00. The highest BCUT2D eigenvalue weighted by molar-refractivity contribution is 6.29. The second-order valence-electron chi connectivity index (χ2n) is 3.54. The Morgan fingerprint density at radius 3 is 2.53 bits per heavy atom. The third-order valence-corrected chi connectivity index (χ3v) is 2.38. The zero-order valence-electron chi connectivity index (χ0n) is 9.62. The predicted octanol–water partition coefficient (Wildman–Crippen LogP) is 2.27. The average Bonchev–Trinajstić information content (AvgIpc) is 2.41. The van der Waals surface area contributed by atoms with Crippen LogP contribution in [0.5, 0.6) is 0 Å². The number of nitrogens with zero attached hydrogens (tertiary/aromatic N) is 3. The Hall–Kier alpha value is -2.47. The van der Waals surface area contributed by atoms with Gasteiger partial charge >= 0.3 is 5.97 Å². The lowest BCUT2D eigenvalue weighted by atomic mass is 10.1. The van der Waals surface area contributed by atoms with Gasteiger partial charge in [-0.15, -0.1) is 10.2 Å². The van der Waals surface area contributed by atoms with Crippen LogP contribution in [0.1, 0.15) is 15.9 Å². The molecular weight excluding hydrogens is 268 g/mol. The molecule has 0 spiro atoms. The van der Waals surface area contributed by atoms with Gasteiger partial charge in [0.2, 0.25) is 0 Å². The van der Waals surface area contributed by atoms with Crippen molar-refractivity contribution in [2.24, 2.45) is 5.10 Å². The molecule has 0 amide bonds. The van der Waals surface area contributed by atoms with E-state index in [2.05, 4.69) is 20.7 Å². The summed E-state index contributed by atoms with van der Waals surface area (Å²) in [5.74, 6) is -0.499. The summed E-state index contributed by atoms with van der Waals surface area (Å²) in [5.41, 5.74) is 3.67. The summed E-state index contributed by atoms with van der Waals surface area (Å²) in [6.45, 7) is 0. The Morgan fingerprint density at radius 2 is 1.95 bits per heavy atom. The number of carboxylic acids is 1. The first-order valence-electron chi connectivity index (χ1n) is 5.27. The van der Waals surface area contributed by atoms with Crippen LogP contribution in [0.2, 0.25) is 5.15 Å². The molecular formula is C12H9ClN4O2.